The second kappa shape index (κ2) is 5.80. The summed E-state index contributed by atoms with van der Waals surface area (Å²) in [6.07, 6.45) is 4.95. The Labute approximate surface area is 114 Å². The summed E-state index contributed by atoms with van der Waals surface area (Å²) in [7, 11) is 0. The Bertz CT molecular complexity index is 359. The van der Waals surface area contributed by atoms with Gasteiger partial charge in [0.15, 0.2) is 0 Å². The lowest BCUT2D eigenvalue weighted by Crippen LogP contribution is -2.51. The molecule has 5 nitrogen and oxygen atoms in total. The normalized spacial score (nSPS) is 34.0. The summed E-state index contributed by atoms with van der Waals surface area (Å²) in [5, 5.41) is 15.1. The lowest BCUT2D eigenvalue weighted by Gasteiger charge is -2.29. The molecule has 5 heteroatoms. The average Bonchev–Trinajstić information content (AvgIpc) is 2.88. The Balaban J connectivity index is 1.90. The van der Waals surface area contributed by atoms with E-state index in [-0.39, 0.29) is 24.0 Å². The smallest absolute Gasteiger partial charge is 0.315 e. The summed E-state index contributed by atoms with van der Waals surface area (Å²) in [5.74, 6) is -0.565. The highest BCUT2D eigenvalue weighted by Crippen LogP contribution is 2.48. The maximum absolute atomic E-state index is 11.9. The molecule has 2 amide bonds. The van der Waals surface area contributed by atoms with Crippen LogP contribution in [0.25, 0.3) is 0 Å². The minimum atomic E-state index is -0.765. The number of hydrogen-bond donors (Lipinski definition) is 3. The number of fused-ring (bicyclic) bond motifs is 2. The first-order valence-electron chi connectivity index (χ1n) is 7.32. The van der Waals surface area contributed by atoms with Gasteiger partial charge in [0.1, 0.15) is 0 Å². The number of rotatable bonds is 5. The van der Waals surface area contributed by atoms with Crippen LogP contribution in [0.2, 0.25) is 0 Å². The van der Waals surface area contributed by atoms with Crippen molar-refractivity contribution >= 4 is 12.0 Å². The summed E-state index contributed by atoms with van der Waals surface area (Å²) in [4.78, 5) is 23.2. The molecule has 0 aliphatic heterocycles. The van der Waals surface area contributed by atoms with Crippen molar-refractivity contribution in [2.24, 2.45) is 17.8 Å². The Morgan fingerprint density at radius 2 is 2.00 bits per heavy atom. The second-order valence-corrected chi connectivity index (χ2v) is 6.03. The molecular weight excluding hydrogens is 244 g/mol. The monoisotopic (exact) mass is 268 g/mol. The Morgan fingerprint density at radius 1 is 1.32 bits per heavy atom. The van der Waals surface area contributed by atoms with Crippen molar-refractivity contribution in [3.05, 3.63) is 0 Å². The van der Waals surface area contributed by atoms with Crippen molar-refractivity contribution in [2.45, 2.75) is 58.0 Å². The molecule has 108 valence electrons. The average molecular weight is 268 g/mol. The molecule has 19 heavy (non-hydrogen) atoms. The first kappa shape index (κ1) is 14.2. The minimum Gasteiger partial charge on any atom is -0.481 e. The molecule has 0 aromatic carbocycles. The summed E-state index contributed by atoms with van der Waals surface area (Å²) in [6.45, 7) is 4.05. The zero-order valence-corrected chi connectivity index (χ0v) is 11.7. The largest absolute Gasteiger partial charge is 0.481 e. The van der Waals surface area contributed by atoms with Crippen molar-refractivity contribution < 1.29 is 14.7 Å². The summed E-state index contributed by atoms with van der Waals surface area (Å²) < 4.78 is 0. The van der Waals surface area contributed by atoms with Gasteiger partial charge in [-0.1, -0.05) is 13.3 Å². The molecule has 5 unspecified atom stereocenters. The predicted molar refractivity (Wildman–Crippen MR) is 71.8 cm³/mol. The van der Waals surface area contributed by atoms with E-state index in [1.165, 1.54) is 0 Å². The lowest BCUT2D eigenvalue weighted by atomic mass is 9.84. The fourth-order valence-corrected chi connectivity index (χ4v) is 3.78. The second-order valence-electron chi connectivity index (χ2n) is 6.03. The molecule has 0 spiro atoms. The van der Waals surface area contributed by atoms with E-state index >= 15 is 0 Å². The van der Waals surface area contributed by atoms with E-state index in [4.69, 9.17) is 0 Å². The number of nitrogens with one attached hydrogen (secondary N) is 2. The molecule has 2 rings (SSSR count). The molecule has 2 aliphatic rings. The summed E-state index contributed by atoms with van der Waals surface area (Å²) >= 11 is 0. The third-order valence-corrected chi connectivity index (χ3v) is 4.60. The zero-order chi connectivity index (χ0) is 14.0. The molecule has 2 fully saturated rings. The highest BCUT2D eigenvalue weighted by atomic mass is 16.4. The zero-order valence-electron chi connectivity index (χ0n) is 11.7. The van der Waals surface area contributed by atoms with E-state index in [0.717, 1.165) is 32.1 Å². The number of carboxylic acid groups (broad SMARTS) is 1. The van der Waals surface area contributed by atoms with Gasteiger partial charge >= 0.3 is 12.0 Å². The quantitative estimate of drug-likeness (QED) is 0.713. The molecule has 2 saturated carbocycles. The number of amides is 2. The minimum absolute atomic E-state index is 0.131. The van der Waals surface area contributed by atoms with Gasteiger partial charge in [0, 0.05) is 12.1 Å². The van der Waals surface area contributed by atoms with Gasteiger partial charge in [-0.2, -0.15) is 0 Å². The number of urea groups is 1. The van der Waals surface area contributed by atoms with Gasteiger partial charge in [0.25, 0.3) is 0 Å². The van der Waals surface area contributed by atoms with Gasteiger partial charge in [-0.25, -0.2) is 4.79 Å². The van der Waals surface area contributed by atoms with Crippen LogP contribution in [0.4, 0.5) is 4.79 Å². The van der Waals surface area contributed by atoms with Gasteiger partial charge in [-0.05, 0) is 44.4 Å². The van der Waals surface area contributed by atoms with Gasteiger partial charge in [-0.15, -0.1) is 0 Å². The van der Waals surface area contributed by atoms with Crippen LogP contribution in [-0.2, 0) is 4.79 Å². The van der Waals surface area contributed by atoms with E-state index in [9.17, 15) is 14.7 Å². The van der Waals surface area contributed by atoms with E-state index < -0.39 is 11.9 Å². The van der Waals surface area contributed by atoms with Gasteiger partial charge in [0.2, 0.25) is 0 Å². The van der Waals surface area contributed by atoms with Crippen LogP contribution in [0.3, 0.4) is 0 Å². The topological polar surface area (TPSA) is 78.4 Å². The van der Waals surface area contributed by atoms with Crippen LogP contribution in [-0.4, -0.2) is 29.2 Å². The van der Waals surface area contributed by atoms with Crippen LogP contribution < -0.4 is 10.6 Å². The maximum Gasteiger partial charge on any atom is 0.315 e. The van der Waals surface area contributed by atoms with E-state index in [0.29, 0.717) is 5.92 Å². The molecule has 3 N–H and O–H groups in total. The van der Waals surface area contributed by atoms with Crippen molar-refractivity contribution in [1.82, 2.24) is 10.6 Å². The van der Waals surface area contributed by atoms with Gasteiger partial charge in [-0.3, -0.25) is 4.79 Å². The van der Waals surface area contributed by atoms with E-state index in [1.807, 2.05) is 6.92 Å². The molecule has 2 bridgehead atoms. The Hall–Kier alpha value is -1.26. The fourth-order valence-electron chi connectivity index (χ4n) is 3.78. The van der Waals surface area contributed by atoms with Crippen molar-refractivity contribution in [2.75, 3.05) is 0 Å². The van der Waals surface area contributed by atoms with Crippen molar-refractivity contribution in [1.29, 1.82) is 0 Å². The molecule has 0 heterocycles. The van der Waals surface area contributed by atoms with Gasteiger partial charge in [0.05, 0.1) is 5.92 Å². The molecule has 0 radical (unpaired) electrons. The van der Waals surface area contributed by atoms with Gasteiger partial charge < -0.3 is 15.7 Å². The molecule has 0 aromatic heterocycles. The van der Waals surface area contributed by atoms with Crippen molar-refractivity contribution in [3.8, 4) is 0 Å². The standard InChI is InChI=1S/C14H24N2O3/c1-3-4-8(2)15-14(19)16-12-10-6-5-9(7-10)11(12)13(17)18/h8-12H,3-7H2,1-2H3,(H,17,18)(H2,15,16,19). The maximum atomic E-state index is 11.9. The highest BCUT2D eigenvalue weighted by molar-refractivity contribution is 5.77. The first-order valence-corrected chi connectivity index (χ1v) is 7.32. The number of carbonyl (C=O) groups is 2. The van der Waals surface area contributed by atoms with Crippen LogP contribution in [0.1, 0.15) is 46.0 Å². The molecule has 5 atom stereocenters. The SMILES string of the molecule is CCCC(C)NC(=O)NC1C2CCC(C2)C1C(=O)O. The van der Waals surface area contributed by atoms with E-state index in [2.05, 4.69) is 17.6 Å². The number of hydrogen-bond acceptors (Lipinski definition) is 2. The number of carbonyl (C=O) groups excluding carboxylic acids is 1. The molecule has 2 aliphatic carbocycles. The van der Waals surface area contributed by atoms with Crippen molar-refractivity contribution in [3.63, 3.8) is 0 Å². The molecular formula is C14H24N2O3. The van der Waals surface area contributed by atoms with Crippen LogP contribution in [0, 0.1) is 17.8 Å². The molecule has 0 saturated heterocycles. The number of aliphatic carboxylic acids is 1. The summed E-state index contributed by atoms with van der Waals surface area (Å²) in [5.41, 5.74) is 0. The fraction of sp³-hybridized carbons (Fsp3) is 0.857. The third kappa shape index (κ3) is 3.01. The third-order valence-electron chi connectivity index (χ3n) is 4.60. The Kier molecular flexibility index (Phi) is 4.32. The number of carboxylic acids is 1. The van der Waals surface area contributed by atoms with Crippen LogP contribution >= 0.6 is 0 Å². The first-order chi connectivity index (χ1) is 9.02. The summed E-state index contributed by atoms with van der Waals surface area (Å²) in [6, 6.07) is -0.276. The molecule has 0 aromatic rings. The van der Waals surface area contributed by atoms with E-state index in [1.54, 1.807) is 0 Å². The predicted octanol–water partition coefficient (Wildman–Crippen LogP) is 1.97. The lowest BCUT2D eigenvalue weighted by molar-refractivity contribution is -0.144. The Morgan fingerprint density at radius 3 is 2.63 bits per heavy atom. The highest BCUT2D eigenvalue weighted by Gasteiger charge is 2.51. The van der Waals surface area contributed by atoms with Crippen LogP contribution in [0.5, 0.6) is 0 Å². The van der Waals surface area contributed by atoms with Crippen LogP contribution in [0.15, 0.2) is 0 Å².